The van der Waals surface area contributed by atoms with Crippen molar-refractivity contribution in [2.24, 2.45) is 0 Å². The van der Waals surface area contributed by atoms with E-state index in [4.69, 9.17) is 16.3 Å². The first-order chi connectivity index (χ1) is 9.37. The third-order valence-electron chi connectivity index (χ3n) is 3.01. The van der Waals surface area contributed by atoms with E-state index in [0.717, 1.165) is 12.8 Å². The van der Waals surface area contributed by atoms with Crippen LogP contribution in [-0.4, -0.2) is 34.8 Å². The van der Waals surface area contributed by atoms with Crippen LogP contribution >= 0.6 is 11.6 Å². The molecule has 0 bridgehead atoms. The Labute approximate surface area is 121 Å². The molecule has 20 heavy (non-hydrogen) atoms. The molecule has 1 aliphatic carbocycles. The van der Waals surface area contributed by atoms with Crippen molar-refractivity contribution >= 4 is 17.3 Å². The molecule has 1 aromatic rings. The average molecular weight is 301 g/mol. The van der Waals surface area contributed by atoms with Gasteiger partial charge in [0, 0.05) is 24.7 Å². The number of hydrogen-bond acceptors (Lipinski definition) is 5. The standard InChI is InChI=1S/C13H17ClN2O4/c1-13(17,7-15-9-2-3-9)8-20-10-4-5-12(16(18)19)11(14)6-10/h4-6,9,15,17H,2-3,7-8H2,1H3. The molecule has 7 heteroatoms. The van der Waals surface area contributed by atoms with Crippen molar-refractivity contribution in [1.82, 2.24) is 5.32 Å². The van der Waals surface area contributed by atoms with Crippen LogP contribution in [0.15, 0.2) is 18.2 Å². The summed E-state index contributed by atoms with van der Waals surface area (Å²) in [7, 11) is 0. The Morgan fingerprint density at radius 3 is 2.85 bits per heavy atom. The predicted molar refractivity (Wildman–Crippen MR) is 75.2 cm³/mol. The summed E-state index contributed by atoms with van der Waals surface area (Å²) in [6, 6.07) is 4.64. The maximum Gasteiger partial charge on any atom is 0.288 e. The van der Waals surface area contributed by atoms with E-state index in [-0.39, 0.29) is 17.3 Å². The van der Waals surface area contributed by atoms with Gasteiger partial charge in [-0.2, -0.15) is 0 Å². The van der Waals surface area contributed by atoms with Crippen molar-refractivity contribution in [2.45, 2.75) is 31.4 Å². The van der Waals surface area contributed by atoms with Crippen LogP contribution in [0.5, 0.6) is 5.75 Å². The monoisotopic (exact) mass is 300 g/mol. The summed E-state index contributed by atoms with van der Waals surface area (Å²) in [6.45, 7) is 2.20. The van der Waals surface area contributed by atoms with Gasteiger partial charge in [-0.25, -0.2) is 0 Å². The van der Waals surface area contributed by atoms with Crippen LogP contribution in [0, 0.1) is 10.1 Å². The lowest BCUT2D eigenvalue weighted by Gasteiger charge is -2.24. The Hall–Kier alpha value is -1.37. The van der Waals surface area contributed by atoms with Gasteiger partial charge in [0.25, 0.3) is 5.69 Å². The topological polar surface area (TPSA) is 84.6 Å². The van der Waals surface area contributed by atoms with Gasteiger partial charge in [-0.1, -0.05) is 11.6 Å². The number of nitrogens with one attached hydrogen (secondary N) is 1. The number of aliphatic hydroxyl groups is 1. The molecule has 1 fully saturated rings. The van der Waals surface area contributed by atoms with Crippen molar-refractivity contribution in [3.8, 4) is 5.75 Å². The summed E-state index contributed by atoms with van der Waals surface area (Å²) in [5, 5.41) is 24.0. The molecule has 6 nitrogen and oxygen atoms in total. The second-order valence-corrected chi connectivity index (χ2v) is 5.72. The molecular weight excluding hydrogens is 284 g/mol. The molecular formula is C13H17ClN2O4. The molecule has 0 spiro atoms. The maximum absolute atomic E-state index is 10.6. The molecule has 1 aromatic carbocycles. The molecule has 2 N–H and O–H groups in total. The van der Waals surface area contributed by atoms with Gasteiger partial charge < -0.3 is 15.2 Å². The normalized spacial score (nSPS) is 17.6. The summed E-state index contributed by atoms with van der Waals surface area (Å²) >= 11 is 5.79. The van der Waals surface area contributed by atoms with Crippen LogP contribution in [0.1, 0.15) is 19.8 Å². The molecule has 2 rings (SSSR count). The number of nitrogens with zero attached hydrogens (tertiary/aromatic N) is 1. The van der Waals surface area contributed by atoms with Crippen LogP contribution in [0.2, 0.25) is 5.02 Å². The molecule has 0 aliphatic heterocycles. The molecule has 110 valence electrons. The maximum atomic E-state index is 10.6. The first kappa shape index (κ1) is 15.0. The van der Waals surface area contributed by atoms with Gasteiger partial charge in [0.05, 0.1) is 4.92 Å². The third kappa shape index (κ3) is 4.33. The van der Waals surface area contributed by atoms with Gasteiger partial charge in [0.1, 0.15) is 23.0 Å². The zero-order valence-electron chi connectivity index (χ0n) is 11.1. The fourth-order valence-corrected chi connectivity index (χ4v) is 1.91. The molecule has 1 saturated carbocycles. The average Bonchev–Trinajstić information content (AvgIpc) is 3.18. The van der Waals surface area contributed by atoms with Gasteiger partial charge in [-0.15, -0.1) is 0 Å². The number of hydrogen-bond donors (Lipinski definition) is 2. The van der Waals surface area contributed by atoms with Crippen LogP contribution in [-0.2, 0) is 0 Å². The van der Waals surface area contributed by atoms with E-state index < -0.39 is 10.5 Å². The highest BCUT2D eigenvalue weighted by molar-refractivity contribution is 6.32. The molecule has 0 radical (unpaired) electrons. The highest BCUT2D eigenvalue weighted by Crippen LogP contribution is 2.28. The van der Waals surface area contributed by atoms with Crippen LogP contribution in [0.3, 0.4) is 0 Å². The molecule has 1 atom stereocenters. The molecule has 0 aromatic heterocycles. The lowest BCUT2D eigenvalue weighted by atomic mass is 10.1. The van der Waals surface area contributed by atoms with Gasteiger partial charge in [-0.05, 0) is 25.8 Å². The van der Waals surface area contributed by atoms with E-state index in [0.29, 0.717) is 18.3 Å². The summed E-state index contributed by atoms with van der Waals surface area (Å²) in [5.74, 6) is 0.396. The minimum Gasteiger partial charge on any atom is -0.490 e. The highest BCUT2D eigenvalue weighted by atomic mass is 35.5. The van der Waals surface area contributed by atoms with Crippen molar-refractivity contribution < 1.29 is 14.8 Å². The summed E-state index contributed by atoms with van der Waals surface area (Å²) in [4.78, 5) is 10.1. The second kappa shape index (κ2) is 5.95. The fraction of sp³-hybridized carbons (Fsp3) is 0.538. The van der Waals surface area contributed by atoms with Gasteiger partial charge in [0.15, 0.2) is 0 Å². The zero-order valence-corrected chi connectivity index (χ0v) is 11.9. The van der Waals surface area contributed by atoms with Crippen LogP contribution in [0.4, 0.5) is 5.69 Å². The Morgan fingerprint density at radius 1 is 1.60 bits per heavy atom. The van der Waals surface area contributed by atoms with Gasteiger partial charge in [-0.3, -0.25) is 10.1 Å². The fourth-order valence-electron chi connectivity index (χ4n) is 1.67. The summed E-state index contributed by atoms with van der Waals surface area (Å²) in [6.07, 6.45) is 2.30. The Balaban J connectivity index is 1.89. The van der Waals surface area contributed by atoms with Crippen molar-refractivity contribution in [3.05, 3.63) is 33.3 Å². The van der Waals surface area contributed by atoms with E-state index in [1.807, 2.05) is 0 Å². The summed E-state index contributed by atoms with van der Waals surface area (Å²) < 4.78 is 5.44. The molecule has 0 amide bonds. The smallest absolute Gasteiger partial charge is 0.288 e. The number of nitro groups is 1. The predicted octanol–water partition coefficient (Wildman–Crippen LogP) is 2.13. The molecule has 0 saturated heterocycles. The lowest BCUT2D eigenvalue weighted by molar-refractivity contribution is -0.384. The van der Waals surface area contributed by atoms with Crippen molar-refractivity contribution in [2.75, 3.05) is 13.2 Å². The van der Waals surface area contributed by atoms with Gasteiger partial charge in [0.2, 0.25) is 0 Å². The van der Waals surface area contributed by atoms with Crippen LogP contribution in [0.25, 0.3) is 0 Å². The first-order valence-corrected chi connectivity index (χ1v) is 6.78. The second-order valence-electron chi connectivity index (χ2n) is 5.31. The highest BCUT2D eigenvalue weighted by Gasteiger charge is 2.27. The van der Waals surface area contributed by atoms with E-state index in [2.05, 4.69) is 5.32 Å². The quantitative estimate of drug-likeness (QED) is 0.595. The largest absolute Gasteiger partial charge is 0.490 e. The number of benzene rings is 1. The number of ether oxygens (including phenoxy) is 1. The lowest BCUT2D eigenvalue weighted by Crippen LogP contribution is -2.43. The zero-order chi connectivity index (χ0) is 14.8. The van der Waals surface area contributed by atoms with E-state index >= 15 is 0 Å². The minimum absolute atomic E-state index is 0.0169. The third-order valence-corrected chi connectivity index (χ3v) is 3.32. The number of nitro benzene ring substituents is 1. The molecule has 1 aliphatic rings. The van der Waals surface area contributed by atoms with E-state index in [1.54, 1.807) is 6.92 Å². The Kier molecular flexibility index (Phi) is 4.47. The Bertz CT molecular complexity index is 503. The SMILES string of the molecule is CC(O)(CNC1CC1)COc1ccc([N+](=O)[O-])c(Cl)c1. The minimum atomic E-state index is -1.00. The molecule has 0 heterocycles. The number of halogens is 1. The number of rotatable bonds is 7. The Morgan fingerprint density at radius 2 is 2.30 bits per heavy atom. The van der Waals surface area contributed by atoms with E-state index in [1.165, 1.54) is 18.2 Å². The van der Waals surface area contributed by atoms with Crippen molar-refractivity contribution in [3.63, 3.8) is 0 Å². The van der Waals surface area contributed by atoms with Crippen LogP contribution < -0.4 is 10.1 Å². The summed E-state index contributed by atoms with van der Waals surface area (Å²) in [5.41, 5.74) is -1.17. The molecule has 1 unspecified atom stereocenters. The first-order valence-electron chi connectivity index (χ1n) is 6.40. The van der Waals surface area contributed by atoms with Crippen molar-refractivity contribution in [1.29, 1.82) is 0 Å². The van der Waals surface area contributed by atoms with E-state index in [9.17, 15) is 15.2 Å². The van der Waals surface area contributed by atoms with Gasteiger partial charge >= 0.3 is 0 Å².